The third-order valence-electron chi connectivity index (χ3n) is 4.97. The van der Waals surface area contributed by atoms with Crippen LogP contribution in [0, 0.1) is 13.8 Å². The van der Waals surface area contributed by atoms with E-state index in [1.807, 2.05) is 73.1 Å². The van der Waals surface area contributed by atoms with Crippen LogP contribution in [0.2, 0.25) is 0 Å². The van der Waals surface area contributed by atoms with Crippen molar-refractivity contribution >= 4 is 12.0 Å². The van der Waals surface area contributed by atoms with Crippen molar-refractivity contribution in [3.05, 3.63) is 77.1 Å². The largest absolute Gasteiger partial charge is 0.454 e. The summed E-state index contributed by atoms with van der Waals surface area (Å²) in [5.74, 6) is 1.39. The minimum atomic E-state index is -0.0751. The van der Waals surface area contributed by atoms with E-state index >= 15 is 0 Å². The lowest BCUT2D eigenvalue weighted by atomic mass is 10.1. The Balaban J connectivity index is 1.47. The number of rotatable bonds is 5. The van der Waals surface area contributed by atoms with Gasteiger partial charge in [0.1, 0.15) is 0 Å². The smallest absolute Gasteiger partial charge is 0.246 e. The first-order chi connectivity index (χ1) is 14.0. The molecule has 6 heteroatoms. The van der Waals surface area contributed by atoms with Crippen LogP contribution in [0.4, 0.5) is 0 Å². The number of para-hydroxylation sites is 1. The first-order valence-electron chi connectivity index (χ1n) is 9.46. The number of ether oxygens (including phenoxy) is 2. The molecule has 0 atom stereocenters. The van der Waals surface area contributed by atoms with Gasteiger partial charge in [0.2, 0.25) is 12.7 Å². The normalized spacial score (nSPS) is 12.5. The number of aryl methyl sites for hydroxylation is 1. The van der Waals surface area contributed by atoms with Crippen molar-refractivity contribution in [3.63, 3.8) is 0 Å². The van der Waals surface area contributed by atoms with Gasteiger partial charge in [0.05, 0.1) is 11.4 Å². The topological polar surface area (TPSA) is 56.6 Å². The average molecular weight is 389 g/mol. The second-order valence-corrected chi connectivity index (χ2v) is 7.05. The lowest BCUT2D eigenvalue weighted by Gasteiger charge is -2.15. The number of likely N-dealkylation sites (N-methyl/N-ethyl adjacent to an activating group) is 1. The summed E-state index contributed by atoms with van der Waals surface area (Å²) >= 11 is 0. The van der Waals surface area contributed by atoms with Crippen molar-refractivity contribution in [2.24, 2.45) is 0 Å². The molecule has 0 radical (unpaired) electrons. The quantitative estimate of drug-likeness (QED) is 0.621. The number of aromatic nitrogens is 2. The lowest BCUT2D eigenvalue weighted by Crippen LogP contribution is -2.24. The van der Waals surface area contributed by atoms with Gasteiger partial charge in [-0.15, -0.1) is 0 Å². The second kappa shape index (κ2) is 7.83. The summed E-state index contributed by atoms with van der Waals surface area (Å²) in [7, 11) is 1.78. The summed E-state index contributed by atoms with van der Waals surface area (Å²) in [6, 6.07) is 15.7. The van der Waals surface area contributed by atoms with E-state index in [0.717, 1.165) is 39.7 Å². The fourth-order valence-electron chi connectivity index (χ4n) is 3.39. The Morgan fingerprint density at radius 2 is 1.90 bits per heavy atom. The maximum Gasteiger partial charge on any atom is 0.246 e. The van der Waals surface area contributed by atoms with E-state index in [2.05, 4.69) is 5.10 Å². The molecule has 1 amide bonds. The van der Waals surface area contributed by atoms with Crippen molar-refractivity contribution in [2.45, 2.75) is 20.4 Å². The van der Waals surface area contributed by atoms with Crippen LogP contribution in [-0.4, -0.2) is 34.4 Å². The van der Waals surface area contributed by atoms with E-state index in [9.17, 15) is 4.79 Å². The predicted octanol–water partition coefficient (Wildman–Crippen LogP) is 3.89. The number of hydrogen-bond acceptors (Lipinski definition) is 4. The average Bonchev–Trinajstić information content (AvgIpc) is 3.30. The molecule has 1 aliphatic heterocycles. The summed E-state index contributed by atoms with van der Waals surface area (Å²) in [5, 5.41) is 4.62. The minimum absolute atomic E-state index is 0.0751. The van der Waals surface area contributed by atoms with E-state index in [4.69, 9.17) is 9.47 Å². The number of carbonyl (C=O) groups is 1. The third kappa shape index (κ3) is 3.87. The monoisotopic (exact) mass is 389 g/mol. The molecule has 2 heterocycles. The van der Waals surface area contributed by atoms with Crippen LogP contribution >= 0.6 is 0 Å². The zero-order valence-corrected chi connectivity index (χ0v) is 16.8. The molecule has 0 unspecified atom stereocenters. The van der Waals surface area contributed by atoms with Gasteiger partial charge in [-0.2, -0.15) is 5.10 Å². The van der Waals surface area contributed by atoms with Crippen LogP contribution < -0.4 is 9.47 Å². The zero-order chi connectivity index (χ0) is 20.4. The first kappa shape index (κ1) is 18.8. The third-order valence-corrected chi connectivity index (χ3v) is 4.97. The molecule has 0 aliphatic carbocycles. The van der Waals surface area contributed by atoms with Gasteiger partial charge in [-0.1, -0.05) is 24.3 Å². The fraction of sp³-hybridized carbons (Fsp3) is 0.217. The highest BCUT2D eigenvalue weighted by Crippen LogP contribution is 2.32. The maximum absolute atomic E-state index is 12.6. The minimum Gasteiger partial charge on any atom is -0.454 e. The molecule has 2 aromatic carbocycles. The van der Waals surface area contributed by atoms with Gasteiger partial charge < -0.3 is 14.4 Å². The molecule has 0 bridgehead atoms. The van der Waals surface area contributed by atoms with Gasteiger partial charge >= 0.3 is 0 Å². The number of amides is 1. The van der Waals surface area contributed by atoms with Gasteiger partial charge in [-0.05, 0) is 49.8 Å². The Kier molecular flexibility index (Phi) is 5.08. The molecule has 0 fully saturated rings. The van der Waals surface area contributed by atoms with Crippen molar-refractivity contribution < 1.29 is 14.3 Å². The van der Waals surface area contributed by atoms with E-state index in [1.54, 1.807) is 18.0 Å². The van der Waals surface area contributed by atoms with Crippen LogP contribution in [0.1, 0.15) is 22.5 Å². The summed E-state index contributed by atoms with van der Waals surface area (Å²) in [4.78, 5) is 14.3. The lowest BCUT2D eigenvalue weighted by molar-refractivity contribution is -0.125. The molecule has 148 valence electrons. The van der Waals surface area contributed by atoms with Gasteiger partial charge in [-0.3, -0.25) is 4.79 Å². The SMILES string of the molecule is Cc1nn(-c2ccccc2)c(C)c1/C=C/C(=O)N(C)Cc1ccc2c(c1)OCO2. The van der Waals surface area contributed by atoms with Gasteiger partial charge in [0.15, 0.2) is 11.5 Å². The highest BCUT2D eigenvalue weighted by Gasteiger charge is 2.15. The number of benzene rings is 2. The Hall–Kier alpha value is -3.54. The van der Waals surface area contributed by atoms with Crippen LogP contribution in [0.15, 0.2) is 54.6 Å². The molecular formula is C23H23N3O3. The highest BCUT2D eigenvalue weighted by atomic mass is 16.7. The van der Waals surface area contributed by atoms with Crippen LogP contribution in [-0.2, 0) is 11.3 Å². The molecule has 1 aromatic heterocycles. The maximum atomic E-state index is 12.6. The summed E-state index contributed by atoms with van der Waals surface area (Å²) in [5.41, 5.74) is 4.82. The van der Waals surface area contributed by atoms with Crippen LogP contribution in [0.3, 0.4) is 0 Å². The summed E-state index contributed by atoms with van der Waals surface area (Å²) < 4.78 is 12.6. The predicted molar refractivity (Wildman–Crippen MR) is 111 cm³/mol. The number of carbonyl (C=O) groups excluding carboxylic acids is 1. The van der Waals surface area contributed by atoms with E-state index in [-0.39, 0.29) is 12.7 Å². The Labute approximate surface area is 170 Å². The molecule has 1 aliphatic rings. The Bertz CT molecular complexity index is 1070. The van der Waals surface area contributed by atoms with Crippen molar-refractivity contribution in [1.82, 2.24) is 14.7 Å². The van der Waals surface area contributed by atoms with Gasteiger partial charge in [-0.25, -0.2) is 4.68 Å². The van der Waals surface area contributed by atoms with E-state index < -0.39 is 0 Å². The molecule has 6 nitrogen and oxygen atoms in total. The van der Waals surface area contributed by atoms with E-state index in [1.165, 1.54) is 0 Å². The number of hydrogen-bond donors (Lipinski definition) is 0. The first-order valence-corrected chi connectivity index (χ1v) is 9.46. The molecular weight excluding hydrogens is 366 g/mol. The number of fused-ring (bicyclic) bond motifs is 1. The Morgan fingerprint density at radius 3 is 2.69 bits per heavy atom. The van der Waals surface area contributed by atoms with Crippen LogP contribution in [0.5, 0.6) is 11.5 Å². The van der Waals surface area contributed by atoms with Crippen molar-refractivity contribution in [2.75, 3.05) is 13.8 Å². The van der Waals surface area contributed by atoms with E-state index in [0.29, 0.717) is 6.54 Å². The van der Waals surface area contributed by atoms with Crippen LogP contribution in [0.25, 0.3) is 11.8 Å². The molecule has 0 spiro atoms. The van der Waals surface area contributed by atoms with Crippen molar-refractivity contribution in [1.29, 1.82) is 0 Å². The highest BCUT2D eigenvalue weighted by molar-refractivity contribution is 5.91. The molecule has 3 aromatic rings. The standard InChI is InChI=1S/C23H23N3O3/c1-16-20(17(2)26(24-16)19-7-5-4-6-8-19)10-12-23(27)25(3)14-18-9-11-21-22(13-18)29-15-28-21/h4-13H,14-15H2,1-3H3/b12-10+. The zero-order valence-electron chi connectivity index (χ0n) is 16.8. The summed E-state index contributed by atoms with van der Waals surface area (Å²) in [6.45, 7) is 4.69. The number of nitrogens with zero attached hydrogens (tertiary/aromatic N) is 3. The molecule has 0 N–H and O–H groups in total. The molecule has 0 saturated heterocycles. The summed E-state index contributed by atoms with van der Waals surface area (Å²) in [6.07, 6.45) is 3.44. The van der Waals surface area contributed by atoms with Crippen molar-refractivity contribution in [3.8, 4) is 17.2 Å². The molecule has 4 rings (SSSR count). The fourth-order valence-corrected chi connectivity index (χ4v) is 3.39. The Morgan fingerprint density at radius 1 is 1.14 bits per heavy atom. The molecule has 0 saturated carbocycles. The van der Waals surface area contributed by atoms with Gasteiger partial charge in [0.25, 0.3) is 0 Å². The van der Waals surface area contributed by atoms with Gasteiger partial charge in [0, 0.05) is 30.9 Å². The molecule has 29 heavy (non-hydrogen) atoms. The second-order valence-electron chi connectivity index (χ2n) is 7.05.